The maximum Gasteiger partial charge on any atom is 0.00363 e. The molecule has 0 aromatic heterocycles. The molecule has 0 aromatic carbocycles. The van der Waals surface area contributed by atoms with Gasteiger partial charge in [-0.3, -0.25) is 0 Å². The molecular formula is C11H23N. The van der Waals surface area contributed by atoms with Gasteiger partial charge in [0.1, 0.15) is 0 Å². The van der Waals surface area contributed by atoms with Gasteiger partial charge in [-0.15, -0.1) is 0 Å². The van der Waals surface area contributed by atoms with E-state index in [-0.39, 0.29) is 0 Å². The third-order valence-corrected chi connectivity index (χ3v) is 2.74. The number of allylic oxidation sites excluding steroid dienone is 1. The van der Waals surface area contributed by atoms with Gasteiger partial charge in [0.05, 0.1) is 0 Å². The quantitative estimate of drug-likeness (QED) is 0.629. The Hall–Kier alpha value is -0.300. The third-order valence-electron chi connectivity index (χ3n) is 2.74. The zero-order valence-electron chi connectivity index (χ0n) is 8.93. The molecule has 0 aliphatic heterocycles. The first kappa shape index (κ1) is 11.7. The van der Waals surface area contributed by atoms with E-state index in [4.69, 9.17) is 5.73 Å². The van der Waals surface area contributed by atoms with Gasteiger partial charge in [-0.2, -0.15) is 0 Å². The SMILES string of the molecule is C=C(C)C(CC)CC(C)C(C)N. The minimum absolute atomic E-state index is 0.304. The van der Waals surface area contributed by atoms with Crippen LogP contribution in [0.1, 0.15) is 40.5 Å². The van der Waals surface area contributed by atoms with E-state index in [1.165, 1.54) is 18.4 Å². The first-order valence-electron chi connectivity index (χ1n) is 4.90. The Morgan fingerprint density at radius 3 is 2.17 bits per heavy atom. The van der Waals surface area contributed by atoms with Crippen molar-refractivity contribution >= 4 is 0 Å². The van der Waals surface area contributed by atoms with Gasteiger partial charge in [0.2, 0.25) is 0 Å². The van der Waals surface area contributed by atoms with Crippen LogP contribution in [0.4, 0.5) is 0 Å². The molecular weight excluding hydrogens is 146 g/mol. The Morgan fingerprint density at radius 2 is 1.92 bits per heavy atom. The number of hydrogen-bond donors (Lipinski definition) is 1. The standard InChI is InChI=1S/C11H23N/c1-6-11(8(2)3)7-9(4)10(5)12/h9-11H,2,6-7,12H2,1,3-5H3. The fourth-order valence-corrected chi connectivity index (χ4v) is 1.38. The van der Waals surface area contributed by atoms with Crippen molar-refractivity contribution in [2.75, 3.05) is 0 Å². The molecule has 0 aliphatic carbocycles. The number of hydrogen-bond acceptors (Lipinski definition) is 1. The van der Waals surface area contributed by atoms with E-state index in [1.807, 2.05) is 0 Å². The molecule has 0 amide bonds. The van der Waals surface area contributed by atoms with E-state index in [9.17, 15) is 0 Å². The van der Waals surface area contributed by atoms with Gasteiger partial charge in [0.15, 0.2) is 0 Å². The summed E-state index contributed by atoms with van der Waals surface area (Å²) in [5.74, 6) is 1.26. The van der Waals surface area contributed by atoms with Gasteiger partial charge < -0.3 is 5.73 Å². The predicted molar refractivity (Wildman–Crippen MR) is 56.0 cm³/mol. The van der Waals surface area contributed by atoms with E-state index in [2.05, 4.69) is 34.3 Å². The van der Waals surface area contributed by atoms with Crippen LogP contribution in [0, 0.1) is 11.8 Å². The molecule has 0 heterocycles. The van der Waals surface area contributed by atoms with Gasteiger partial charge >= 0.3 is 0 Å². The molecule has 1 heteroatoms. The highest BCUT2D eigenvalue weighted by Crippen LogP contribution is 2.22. The smallest absolute Gasteiger partial charge is 0.00363 e. The van der Waals surface area contributed by atoms with E-state index < -0.39 is 0 Å². The van der Waals surface area contributed by atoms with Gasteiger partial charge in [0.25, 0.3) is 0 Å². The van der Waals surface area contributed by atoms with Crippen LogP contribution in [-0.4, -0.2) is 6.04 Å². The molecule has 12 heavy (non-hydrogen) atoms. The summed E-state index contributed by atoms with van der Waals surface area (Å²) in [5.41, 5.74) is 7.11. The lowest BCUT2D eigenvalue weighted by Gasteiger charge is -2.22. The summed E-state index contributed by atoms with van der Waals surface area (Å²) in [6.07, 6.45) is 2.37. The van der Waals surface area contributed by atoms with Crippen LogP contribution in [0.25, 0.3) is 0 Å². The molecule has 1 nitrogen and oxygen atoms in total. The lowest BCUT2D eigenvalue weighted by atomic mass is 9.86. The van der Waals surface area contributed by atoms with Crippen LogP contribution in [-0.2, 0) is 0 Å². The molecule has 2 N–H and O–H groups in total. The maximum atomic E-state index is 5.81. The Labute approximate surface area is 77.0 Å². The predicted octanol–water partition coefficient (Wildman–Crippen LogP) is 2.96. The van der Waals surface area contributed by atoms with Crippen molar-refractivity contribution in [2.24, 2.45) is 17.6 Å². The summed E-state index contributed by atoms with van der Waals surface area (Å²) in [7, 11) is 0. The molecule has 0 radical (unpaired) electrons. The fraction of sp³-hybridized carbons (Fsp3) is 0.818. The zero-order valence-corrected chi connectivity index (χ0v) is 8.93. The van der Waals surface area contributed by atoms with E-state index in [0.717, 1.165) is 0 Å². The summed E-state index contributed by atoms with van der Waals surface area (Å²) in [6, 6.07) is 0.304. The molecule has 0 fully saturated rings. The summed E-state index contributed by atoms with van der Waals surface area (Å²) >= 11 is 0. The highest BCUT2D eigenvalue weighted by molar-refractivity contribution is 4.96. The van der Waals surface area contributed by atoms with Crippen LogP contribution < -0.4 is 5.73 Å². The van der Waals surface area contributed by atoms with Crippen molar-refractivity contribution in [3.8, 4) is 0 Å². The summed E-state index contributed by atoms with van der Waals surface area (Å²) in [5, 5.41) is 0. The average Bonchev–Trinajstić information content (AvgIpc) is 1.98. The Balaban J connectivity index is 3.94. The molecule has 0 rings (SSSR count). The van der Waals surface area contributed by atoms with Gasteiger partial charge in [-0.05, 0) is 38.5 Å². The van der Waals surface area contributed by atoms with Crippen molar-refractivity contribution in [1.82, 2.24) is 0 Å². The minimum atomic E-state index is 0.304. The number of rotatable bonds is 5. The van der Waals surface area contributed by atoms with Crippen LogP contribution in [0.5, 0.6) is 0 Å². The largest absolute Gasteiger partial charge is 0.328 e. The average molecular weight is 169 g/mol. The second kappa shape index (κ2) is 5.36. The molecule has 0 spiro atoms. The molecule has 0 aliphatic rings. The third kappa shape index (κ3) is 3.91. The molecule has 72 valence electrons. The normalized spacial score (nSPS) is 18.4. The summed E-state index contributed by atoms with van der Waals surface area (Å²) in [4.78, 5) is 0. The Kier molecular flexibility index (Phi) is 5.23. The van der Waals surface area contributed by atoms with Crippen LogP contribution >= 0.6 is 0 Å². The van der Waals surface area contributed by atoms with E-state index in [0.29, 0.717) is 17.9 Å². The lowest BCUT2D eigenvalue weighted by molar-refractivity contribution is 0.377. The van der Waals surface area contributed by atoms with Crippen molar-refractivity contribution in [3.63, 3.8) is 0 Å². The lowest BCUT2D eigenvalue weighted by Crippen LogP contribution is -2.26. The van der Waals surface area contributed by atoms with Crippen molar-refractivity contribution < 1.29 is 0 Å². The topological polar surface area (TPSA) is 26.0 Å². The zero-order chi connectivity index (χ0) is 9.72. The van der Waals surface area contributed by atoms with Gasteiger partial charge in [-0.1, -0.05) is 26.0 Å². The molecule has 0 saturated heterocycles. The highest BCUT2D eigenvalue weighted by atomic mass is 14.6. The monoisotopic (exact) mass is 169 g/mol. The Bertz CT molecular complexity index is 138. The van der Waals surface area contributed by atoms with Crippen LogP contribution in [0.2, 0.25) is 0 Å². The second-order valence-electron chi connectivity index (χ2n) is 4.02. The van der Waals surface area contributed by atoms with E-state index in [1.54, 1.807) is 0 Å². The summed E-state index contributed by atoms with van der Waals surface area (Å²) in [6.45, 7) is 12.6. The first-order chi connectivity index (χ1) is 5.49. The summed E-state index contributed by atoms with van der Waals surface area (Å²) < 4.78 is 0. The van der Waals surface area contributed by atoms with Crippen molar-refractivity contribution in [3.05, 3.63) is 12.2 Å². The molecule has 0 aromatic rings. The van der Waals surface area contributed by atoms with Crippen LogP contribution in [0.3, 0.4) is 0 Å². The Morgan fingerprint density at radius 1 is 1.42 bits per heavy atom. The molecule has 0 saturated carbocycles. The highest BCUT2D eigenvalue weighted by Gasteiger charge is 2.14. The molecule has 0 bridgehead atoms. The maximum absolute atomic E-state index is 5.81. The molecule has 3 atom stereocenters. The molecule has 3 unspecified atom stereocenters. The van der Waals surface area contributed by atoms with Gasteiger partial charge in [-0.25, -0.2) is 0 Å². The van der Waals surface area contributed by atoms with Crippen molar-refractivity contribution in [2.45, 2.75) is 46.6 Å². The fourth-order valence-electron chi connectivity index (χ4n) is 1.38. The second-order valence-corrected chi connectivity index (χ2v) is 4.02. The van der Waals surface area contributed by atoms with E-state index >= 15 is 0 Å². The van der Waals surface area contributed by atoms with Gasteiger partial charge in [0, 0.05) is 6.04 Å². The first-order valence-corrected chi connectivity index (χ1v) is 4.90. The number of nitrogens with two attached hydrogens (primary N) is 1. The minimum Gasteiger partial charge on any atom is -0.328 e. The van der Waals surface area contributed by atoms with Crippen molar-refractivity contribution in [1.29, 1.82) is 0 Å². The van der Waals surface area contributed by atoms with Crippen LogP contribution in [0.15, 0.2) is 12.2 Å².